The third-order valence-corrected chi connectivity index (χ3v) is 6.10. The molecule has 1 heterocycles. The summed E-state index contributed by atoms with van der Waals surface area (Å²) in [6.45, 7) is 5.03. The van der Waals surface area contributed by atoms with Crippen LogP contribution in [0, 0.1) is 5.82 Å². The number of hydrogen-bond acceptors (Lipinski definition) is 4. The van der Waals surface area contributed by atoms with E-state index < -0.39 is 27.3 Å². The van der Waals surface area contributed by atoms with E-state index in [0.29, 0.717) is 0 Å². The SMILES string of the molecule is CC(C)(C)NC(=O)CN(c1ccc(F)cc1)S(=O)(=O)c1cccs1. The predicted octanol–water partition coefficient (Wildman–Crippen LogP) is 3.00. The van der Waals surface area contributed by atoms with E-state index in [1.165, 1.54) is 18.2 Å². The van der Waals surface area contributed by atoms with Crippen molar-refractivity contribution in [2.45, 2.75) is 30.5 Å². The van der Waals surface area contributed by atoms with E-state index in [1.807, 2.05) is 0 Å². The highest BCUT2D eigenvalue weighted by Crippen LogP contribution is 2.26. The van der Waals surface area contributed by atoms with Crippen molar-refractivity contribution in [1.29, 1.82) is 0 Å². The second-order valence-electron chi connectivity index (χ2n) is 6.22. The fourth-order valence-corrected chi connectivity index (χ4v) is 4.56. The zero-order chi connectivity index (χ0) is 18.0. The fraction of sp³-hybridized carbons (Fsp3) is 0.312. The molecule has 1 aromatic carbocycles. The highest BCUT2D eigenvalue weighted by atomic mass is 32.2. The number of anilines is 1. The van der Waals surface area contributed by atoms with Gasteiger partial charge in [0.2, 0.25) is 5.91 Å². The Balaban J connectivity index is 2.39. The Hall–Kier alpha value is -1.93. The van der Waals surface area contributed by atoms with E-state index in [4.69, 9.17) is 0 Å². The van der Waals surface area contributed by atoms with Gasteiger partial charge in [-0.1, -0.05) is 6.07 Å². The Morgan fingerprint density at radius 2 is 1.83 bits per heavy atom. The van der Waals surface area contributed by atoms with Crippen LogP contribution in [-0.2, 0) is 14.8 Å². The minimum atomic E-state index is -3.91. The van der Waals surface area contributed by atoms with E-state index in [0.717, 1.165) is 27.8 Å². The van der Waals surface area contributed by atoms with Crippen molar-refractivity contribution in [3.8, 4) is 0 Å². The number of thiophene rings is 1. The smallest absolute Gasteiger partial charge is 0.274 e. The lowest BCUT2D eigenvalue weighted by Gasteiger charge is -2.26. The standard InChI is InChI=1S/C16H19FN2O3S2/c1-16(2,3)18-14(20)11-19(13-8-6-12(17)7-9-13)24(21,22)15-5-4-10-23-15/h4-10H,11H2,1-3H3,(H,18,20). The average molecular weight is 370 g/mol. The summed E-state index contributed by atoms with van der Waals surface area (Å²) in [4.78, 5) is 12.2. The topological polar surface area (TPSA) is 66.5 Å². The maximum Gasteiger partial charge on any atom is 0.274 e. The Labute approximate surface area is 145 Å². The van der Waals surface area contributed by atoms with Gasteiger partial charge >= 0.3 is 0 Å². The Morgan fingerprint density at radius 3 is 2.33 bits per heavy atom. The number of carbonyl (C=O) groups excluding carboxylic acids is 1. The molecule has 2 rings (SSSR count). The van der Waals surface area contributed by atoms with Crippen LogP contribution in [0.1, 0.15) is 20.8 Å². The maximum atomic E-state index is 13.2. The second-order valence-corrected chi connectivity index (χ2v) is 9.26. The van der Waals surface area contributed by atoms with Crippen molar-refractivity contribution in [2.75, 3.05) is 10.8 Å². The highest BCUT2D eigenvalue weighted by Gasteiger charge is 2.29. The monoisotopic (exact) mass is 370 g/mol. The van der Waals surface area contributed by atoms with Crippen LogP contribution in [0.5, 0.6) is 0 Å². The summed E-state index contributed by atoms with van der Waals surface area (Å²) >= 11 is 1.06. The van der Waals surface area contributed by atoms with Gasteiger partial charge in [-0.25, -0.2) is 12.8 Å². The lowest BCUT2D eigenvalue weighted by atomic mass is 10.1. The summed E-state index contributed by atoms with van der Waals surface area (Å²) in [5.41, 5.74) is -0.257. The molecule has 0 spiro atoms. The van der Waals surface area contributed by atoms with E-state index in [2.05, 4.69) is 5.32 Å². The molecule has 130 valence electrons. The molecule has 0 saturated carbocycles. The fourth-order valence-electron chi connectivity index (χ4n) is 2.03. The Kier molecular flexibility index (Phi) is 5.29. The number of benzene rings is 1. The molecule has 1 aromatic heterocycles. The van der Waals surface area contributed by atoms with Gasteiger partial charge in [0.15, 0.2) is 0 Å². The number of hydrogen-bond donors (Lipinski definition) is 1. The highest BCUT2D eigenvalue weighted by molar-refractivity contribution is 7.94. The lowest BCUT2D eigenvalue weighted by Crippen LogP contribution is -2.47. The van der Waals surface area contributed by atoms with Crippen molar-refractivity contribution in [3.63, 3.8) is 0 Å². The molecule has 0 fully saturated rings. The molecule has 0 aliphatic heterocycles. The van der Waals surface area contributed by atoms with Crippen molar-refractivity contribution in [3.05, 3.63) is 47.6 Å². The molecule has 0 unspecified atom stereocenters. The van der Waals surface area contributed by atoms with Crippen molar-refractivity contribution < 1.29 is 17.6 Å². The van der Waals surface area contributed by atoms with E-state index >= 15 is 0 Å². The summed E-state index contributed by atoms with van der Waals surface area (Å²) in [7, 11) is -3.91. The molecule has 8 heteroatoms. The number of nitrogens with zero attached hydrogens (tertiary/aromatic N) is 1. The first-order valence-electron chi connectivity index (χ1n) is 7.22. The number of rotatable bonds is 5. The van der Waals surface area contributed by atoms with Crippen LogP contribution in [0.15, 0.2) is 46.0 Å². The molecule has 1 amide bonds. The minimum absolute atomic E-state index is 0.121. The first-order chi connectivity index (χ1) is 11.1. The molecule has 0 radical (unpaired) electrons. The summed E-state index contributed by atoms with van der Waals surface area (Å²) in [6, 6.07) is 8.09. The van der Waals surface area contributed by atoms with Gasteiger partial charge in [0, 0.05) is 5.54 Å². The molecule has 0 aliphatic rings. The normalized spacial score (nSPS) is 12.0. The van der Waals surface area contributed by atoms with E-state index in [9.17, 15) is 17.6 Å². The molecular weight excluding hydrogens is 351 g/mol. The van der Waals surface area contributed by atoms with Crippen LogP contribution in [0.3, 0.4) is 0 Å². The maximum absolute atomic E-state index is 13.2. The lowest BCUT2D eigenvalue weighted by molar-refractivity contribution is -0.121. The third-order valence-electron chi connectivity index (χ3n) is 2.96. The second kappa shape index (κ2) is 6.90. The molecule has 0 atom stereocenters. The molecule has 0 aliphatic carbocycles. The van der Waals surface area contributed by atoms with Crippen LogP contribution < -0.4 is 9.62 Å². The molecule has 2 aromatic rings. The van der Waals surface area contributed by atoms with Crippen LogP contribution in [0.25, 0.3) is 0 Å². The van der Waals surface area contributed by atoms with Crippen molar-refractivity contribution in [1.82, 2.24) is 5.32 Å². The van der Waals surface area contributed by atoms with Crippen molar-refractivity contribution in [2.24, 2.45) is 0 Å². The summed E-state index contributed by atoms with van der Waals surface area (Å²) in [5, 5.41) is 4.38. The first kappa shape index (κ1) is 18.4. The van der Waals surface area contributed by atoms with Gasteiger partial charge in [-0.15, -0.1) is 11.3 Å². The van der Waals surface area contributed by atoms with Crippen LogP contribution in [-0.4, -0.2) is 26.4 Å². The summed E-state index contributed by atoms with van der Waals surface area (Å²) in [6.07, 6.45) is 0. The Bertz CT molecular complexity index is 795. The summed E-state index contributed by atoms with van der Waals surface area (Å²) in [5.74, 6) is -0.918. The molecular formula is C16H19FN2O3S2. The van der Waals surface area contributed by atoms with Crippen molar-refractivity contribution >= 4 is 33.0 Å². The molecule has 24 heavy (non-hydrogen) atoms. The zero-order valence-electron chi connectivity index (χ0n) is 13.6. The van der Waals surface area contributed by atoms with E-state index in [1.54, 1.807) is 32.2 Å². The third kappa shape index (κ3) is 4.55. The van der Waals surface area contributed by atoms with Gasteiger partial charge in [0.1, 0.15) is 16.6 Å². The molecule has 0 saturated heterocycles. The van der Waals surface area contributed by atoms with Gasteiger partial charge in [0.05, 0.1) is 5.69 Å². The van der Waals surface area contributed by atoms with Crippen LogP contribution in [0.4, 0.5) is 10.1 Å². The predicted molar refractivity (Wildman–Crippen MR) is 93.1 cm³/mol. The van der Waals surface area contributed by atoms with Gasteiger partial charge in [-0.2, -0.15) is 0 Å². The number of amides is 1. The largest absolute Gasteiger partial charge is 0.350 e. The number of nitrogens with one attached hydrogen (secondary N) is 1. The van der Waals surface area contributed by atoms with Crippen LogP contribution in [0.2, 0.25) is 0 Å². The van der Waals surface area contributed by atoms with Gasteiger partial charge < -0.3 is 5.32 Å². The summed E-state index contributed by atoms with van der Waals surface area (Å²) < 4.78 is 40.0. The Morgan fingerprint density at radius 1 is 1.21 bits per heavy atom. The molecule has 1 N–H and O–H groups in total. The van der Waals surface area contributed by atoms with Crippen LogP contribution >= 0.6 is 11.3 Å². The number of halogens is 1. The number of carbonyl (C=O) groups is 1. The minimum Gasteiger partial charge on any atom is -0.350 e. The van der Waals surface area contributed by atoms with Gasteiger partial charge in [-0.05, 0) is 56.5 Å². The van der Waals surface area contributed by atoms with Gasteiger partial charge in [0.25, 0.3) is 10.0 Å². The average Bonchev–Trinajstić information content (AvgIpc) is 2.99. The molecule has 5 nitrogen and oxygen atoms in total. The first-order valence-corrected chi connectivity index (χ1v) is 9.54. The number of sulfonamides is 1. The zero-order valence-corrected chi connectivity index (χ0v) is 15.2. The van der Waals surface area contributed by atoms with E-state index in [-0.39, 0.29) is 16.4 Å². The van der Waals surface area contributed by atoms with Gasteiger partial charge in [-0.3, -0.25) is 9.10 Å². The quantitative estimate of drug-likeness (QED) is 0.880. The molecule has 0 bridgehead atoms.